The summed E-state index contributed by atoms with van der Waals surface area (Å²) in [5.74, 6) is -0.175. The van der Waals surface area contributed by atoms with Crippen LogP contribution in [0.4, 0.5) is 4.39 Å². The van der Waals surface area contributed by atoms with E-state index >= 15 is 0 Å². The molecule has 0 bridgehead atoms. The van der Waals surface area contributed by atoms with Crippen molar-refractivity contribution in [2.45, 2.75) is 25.3 Å². The highest BCUT2D eigenvalue weighted by Crippen LogP contribution is 2.23. The van der Waals surface area contributed by atoms with Gasteiger partial charge in [0.1, 0.15) is 5.82 Å². The normalized spacial score (nSPS) is 19.6. The van der Waals surface area contributed by atoms with Crippen LogP contribution in [0, 0.1) is 5.82 Å². The van der Waals surface area contributed by atoms with E-state index in [4.69, 9.17) is 0 Å². The van der Waals surface area contributed by atoms with Gasteiger partial charge in [-0.05, 0) is 74.8 Å². The SMILES string of the molecule is Cl.O=C(c1ccc(-n2ncc3cc(F)ccc32)cc1)N1CC[C@@H](N2CCCC2)C1. The lowest BCUT2D eigenvalue weighted by molar-refractivity contribution is 0.0780. The van der Waals surface area contributed by atoms with Crippen molar-refractivity contribution in [1.82, 2.24) is 19.6 Å². The van der Waals surface area contributed by atoms with Crippen molar-refractivity contribution in [3.63, 3.8) is 0 Å². The number of hydrogen-bond donors (Lipinski definition) is 0. The first-order chi connectivity index (χ1) is 13.7. The molecule has 7 heteroatoms. The van der Waals surface area contributed by atoms with Gasteiger partial charge in [0.2, 0.25) is 0 Å². The number of carbonyl (C=O) groups is 1. The molecule has 2 aliphatic rings. The highest BCUT2D eigenvalue weighted by Gasteiger charge is 2.31. The summed E-state index contributed by atoms with van der Waals surface area (Å²) in [4.78, 5) is 17.4. The van der Waals surface area contributed by atoms with E-state index in [1.807, 2.05) is 29.2 Å². The molecule has 0 radical (unpaired) electrons. The topological polar surface area (TPSA) is 41.4 Å². The molecule has 5 rings (SSSR count). The molecule has 29 heavy (non-hydrogen) atoms. The minimum Gasteiger partial charge on any atom is -0.337 e. The summed E-state index contributed by atoms with van der Waals surface area (Å²) in [6.45, 7) is 4.00. The van der Waals surface area contributed by atoms with Crippen molar-refractivity contribution in [3.8, 4) is 5.69 Å². The number of benzene rings is 2. The van der Waals surface area contributed by atoms with Gasteiger partial charge in [0.05, 0.1) is 17.4 Å². The van der Waals surface area contributed by atoms with E-state index in [0.717, 1.165) is 36.1 Å². The number of hydrogen-bond acceptors (Lipinski definition) is 3. The fourth-order valence-corrected chi connectivity index (χ4v) is 4.47. The van der Waals surface area contributed by atoms with Crippen molar-refractivity contribution < 1.29 is 9.18 Å². The Hall–Kier alpha value is -2.44. The number of rotatable bonds is 3. The summed E-state index contributed by atoms with van der Waals surface area (Å²) in [6, 6.07) is 12.7. The molecule has 2 aliphatic heterocycles. The van der Waals surface area contributed by atoms with E-state index < -0.39 is 0 Å². The van der Waals surface area contributed by atoms with Crippen molar-refractivity contribution in [2.75, 3.05) is 26.2 Å². The van der Waals surface area contributed by atoms with E-state index in [1.54, 1.807) is 16.9 Å². The van der Waals surface area contributed by atoms with Crippen molar-refractivity contribution in [1.29, 1.82) is 0 Å². The minimum absolute atomic E-state index is 0. The second-order valence-electron chi connectivity index (χ2n) is 7.74. The van der Waals surface area contributed by atoms with Gasteiger partial charge in [0.15, 0.2) is 0 Å². The van der Waals surface area contributed by atoms with Crippen LogP contribution in [0.25, 0.3) is 16.6 Å². The lowest BCUT2D eigenvalue weighted by Crippen LogP contribution is -2.37. The van der Waals surface area contributed by atoms with Crippen molar-refractivity contribution >= 4 is 29.2 Å². The number of halogens is 2. The number of aromatic nitrogens is 2. The molecule has 2 saturated heterocycles. The molecule has 0 saturated carbocycles. The predicted octanol–water partition coefficient (Wildman–Crippen LogP) is 3.90. The zero-order chi connectivity index (χ0) is 19.1. The van der Waals surface area contributed by atoms with Gasteiger partial charge >= 0.3 is 0 Å². The van der Waals surface area contributed by atoms with Gasteiger partial charge in [0, 0.05) is 30.1 Å². The third-order valence-corrected chi connectivity index (χ3v) is 6.00. The second-order valence-corrected chi connectivity index (χ2v) is 7.74. The van der Waals surface area contributed by atoms with E-state index in [-0.39, 0.29) is 24.1 Å². The summed E-state index contributed by atoms with van der Waals surface area (Å²) in [5.41, 5.74) is 2.40. The van der Waals surface area contributed by atoms with Crippen LogP contribution in [-0.4, -0.2) is 57.7 Å². The molecule has 3 heterocycles. The fraction of sp³-hybridized carbons (Fsp3) is 0.364. The monoisotopic (exact) mass is 414 g/mol. The maximum atomic E-state index is 13.4. The van der Waals surface area contributed by atoms with Gasteiger partial charge in [-0.3, -0.25) is 9.69 Å². The van der Waals surface area contributed by atoms with Gasteiger partial charge in [-0.2, -0.15) is 5.10 Å². The standard InChI is InChI=1S/C22H23FN4O.ClH/c23-18-5-8-21-17(13-18)14-24-27(21)19-6-3-16(4-7-19)22(28)26-12-9-20(15-26)25-10-1-2-11-25;/h3-8,13-14,20H,1-2,9-12,15H2;1H/t20-;/m1./s1. The molecule has 0 aliphatic carbocycles. The van der Waals surface area contributed by atoms with E-state index in [0.29, 0.717) is 11.6 Å². The molecule has 3 aromatic rings. The van der Waals surface area contributed by atoms with Gasteiger partial charge in [-0.25, -0.2) is 9.07 Å². The Bertz CT molecular complexity index is 1010. The molecule has 0 unspecified atom stereocenters. The highest BCUT2D eigenvalue weighted by molar-refractivity contribution is 5.94. The quantitative estimate of drug-likeness (QED) is 0.652. The van der Waals surface area contributed by atoms with Gasteiger partial charge < -0.3 is 4.90 Å². The maximum absolute atomic E-state index is 13.4. The number of amides is 1. The Morgan fingerprint density at radius 3 is 2.55 bits per heavy atom. The van der Waals surface area contributed by atoms with Crippen LogP contribution in [0.5, 0.6) is 0 Å². The van der Waals surface area contributed by atoms with Crippen LogP contribution in [0.3, 0.4) is 0 Å². The van der Waals surface area contributed by atoms with E-state index in [9.17, 15) is 9.18 Å². The third kappa shape index (κ3) is 3.74. The largest absolute Gasteiger partial charge is 0.337 e. The number of likely N-dealkylation sites (tertiary alicyclic amines) is 2. The third-order valence-electron chi connectivity index (χ3n) is 6.00. The molecule has 1 aromatic heterocycles. The second kappa shape index (κ2) is 8.13. The van der Waals surface area contributed by atoms with Crippen LogP contribution in [0.1, 0.15) is 29.6 Å². The van der Waals surface area contributed by atoms with Crippen molar-refractivity contribution in [3.05, 3.63) is 60.0 Å². The molecule has 1 atom stereocenters. The smallest absolute Gasteiger partial charge is 0.253 e. The molecule has 5 nitrogen and oxygen atoms in total. The fourth-order valence-electron chi connectivity index (χ4n) is 4.47. The summed E-state index contributed by atoms with van der Waals surface area (Å²) in [7, 11) is 0. The maximum Gasteiger partial charge on any atom is 0.253 e. The minimum atomic E-state index is -0.272. The van der Waals surface area contributed by atoms with Crippen LogP contribution in [0.2, 0.25) is 0 Å². The average Bonchev–Trinajstić information content (AvgIpc) is 3.46. The van der Waals surface area contributed by atoms with Gasteiger partial charge in [-0.1, -0.05) is 0 Å². The zero-order valence-electron chi connectivity index (χ0n) is 16.1. The van der Waals surface area contributed by atoms with E-state index in [1.165, 1.54) is 38.1 Å². The number of fused-ring (bicyclic) bond motifs is 1. The molecular weight excluding hydrogens is 391 g/mol. The lowest BCUT2D eigenvalue weighted by atomic mass is 10.1. The number of nitrogens with zero attached hydrogens (tertiary/aromatic N) is 4. The molecule has 152 valence electrons. The Balaban J connectivity index is 0.00000205. The highest BCUT2D eigenvalue weighted by atomic mass is 35.5. The van der Waals surface area contributed by atoms with Crippen molar-refractivity contribution in [2.24, 2.45) is 0 Å². The molecule has 0 spiro atoms. The Morgan fingerprint density at radius 2 is 1.79 bits per heavy atom. The summed E-state index contributed by atoms with van der Waals surface area (Å²) < 4.78 is 15.1. The number of carbonyl (C=O) groups excluding carboxylic acids is 1. The molecule has 2 fully saturated rings. The summed E-state index contributed by atoms with van der Waals surface area (Å²) in [5, 5.41) is 5.12. The summed E-state index contributed by atoms with van der Waals surface area (Å²) >= 11 is 0. The Labute approximate surface area is 175 Å². The van der Waals surface area contributed by atoms with Crippen LogP contribution in [0.15, 0.2) is 48.7 Å². The van der Waals surface area contributed by atoms with Gasteiger partial charge in [0.25, 0.3) is 5.91 Å². The Morgan fingerprint density at radius 1 is 1.03 bits per heavy atom. The first kappa shape index (κ1) is 19.9. The summed E-state index contributed by atoms with van der Waals surface area (Å²) in [6.07, 6.45) is 5.28. The molecular formula is C22H24ClFN4O. The zero-order valence-corrected chi connectivity index (χ0v) is 16.9. The average molecular weight is 415 g/mol. The predicted molar refractivity (Wildman–Crippen MR) is 113 cm³/mol. The molecule has 0 N–H and O–H groups in total. The van der Waals surface area contributed by atoms with E-state index in [2.05, 4.69) is 10.00 Å². The van der Waals surface area contributed by atoms with Crippen LogP contribution < -0.4 is 0 Å². The first-order valence-corrected chi connectivity index (χ1v) is 9.96. The first-order valence-electron chi connectivity index (χ1n) is 9.96. The Kier molecular flexibility index (Phi) is 5.56. The van der Waals surface area contributed by atoms with Gasteiger partial charge in [-0.15, -0.1) is 12.4 Å². The van der Waals surface area contributed by atoms with Crippen LogP contribution in [-0.2, 0) is 0 Å². The lowest BCUT2D eigenvalue weighted by Gasteiger charge is -2.23. The molecule has 1 amide bonds. The molecule has 2 aromatic carbocycles. The van der Waals surface area contributed by atoms with Crippen LogP contribution >= 0.6 is 12.4 Å².